The molecule has 0 aromatic heterocycles. The summed E-state index contributed by atoms with van der Waals surface area (Å²) >= 11 is 0. The van der Waals surface area contributed by atoms with E-state index in [9.17, 15) is 14.4 Å². The van der Waals surface area contributed by atoms with E-state index in [4.69, 9.17) is 18.9 Å². The second-order valence-corrected chi connectivity index (χ2v) is 6.56. The Bertz CT molecular complexity index is 1080. The lowest BCUT2D eigenvalue weighted by atomic mass is 10.1. The molecule has 0 unspecified atom stereocenters. The quantitative estimate of drug-likeness (QED) is 0.562. The highest BCUT2D eigenvalue weighted by Gasteiger charge is 2.37. The first-order valence-corrected chi connectivity index (χ1v) is 9.72. The summed E-state index contributed by atoms with van der Waals surface area (Å²) in [5.74, 6) is 0.457. The van der Waals surface area contributed by atoms with Gasteiger partial charge in [-0.1, -0.05) is 0 Å². The van der Waals surface area contributed by atoms with Crippen LogP contribution in [0.3, 0.4) is 0 Å². The maximum Gasteiger partial charge on any atom is 0.335 e. The Morgan fingerprint density at radius 2 is 1.68 bits per heavy atom. The maximum absolute atomic E-state index is 13.1. The Labute approximate surface area is 178 Å². The number of nitrogens with zero attached hydrogens (tertiary/aromatic N) is 1. The second kappa shape index (κ2) is 8.39. The van der Waals surface area contributed by atoms with E-state index in [0.717, 1.165) is 4.90 Å². The lowest BCUT2D eigenvalue weighted by molar-refractivity contribution is -0.122. The van der Waals surface area contributed by atoms with Crippen LogP contribution >= 0.6 is 0 Å². The number of rotatable bonds is 6. The van der Waals surface area contributed by atoms with Gasteiger partial charge in [0, 0.05) is 11.6 Å². The predicted octanol–water partition coefficient (Wildman–Crippen LogP) is 2.88. The molecule has 0 spiro atoms. The molecule has 0 radical (unpaired) electrons. The lowest BCUT2D eigenvalue weighted by Gasteiger charge is -2.26. The number of ether oxygens (including phenoxy) is 4. The van der Waals surface area contributed by atoms with Crippen LogP contribution in [-0.4, -0.2) is 37.9 Å². The maximum atomic E-state index is 13.1. The van der Waals surface area contributed by atoms with E-state index in [1.165, 1.54) is 6.08 Å². The summed E-state index contributed by atoms with van der Waals surface area (Å²) in [6, 6.07) is 8.86. The highest BCUT2D eigenvalue weighted by molar-refractivity contribution is 6.39. The molecule has 160 valence electrons. The molecule has 4 rings (SSSR count). The molecule has 2 heterocycles. The van der Waals surface area contributed by atoms with Crippen molar-refractivity contribution in [2.75, 3.05) is 24.9 Å². The summed E-state index contributed by atoms with van der Waals surface area (Å²) in [6.07, 6.45) is 1.37. The molecule has 1 fully saturated rings. The van der Waals surface area contributed by atoms with Crippen LogP contribution in [0.2, 0.25) is 0 Å². The van der Waals surface area contributed by atoms with E-state index in [1.807, 2.05) is 13.8 Å². The van der Waals surface area contributed by atoms with Crippen LogP contribution in [-0.2, 0) is 9.59 Å². The highest BCUT2D eigenvalue weighted by atomic mass is 16.7. The van der Waals surface area contributed by atoms with Crippen molar-refractivity contribution in [3.8, 4) is 23.0 Å². The predicted molar refractivity (Wildman–Crippen MR) is 110 cm³/mol. The van der Waals surface area contributed by atoms with E-state index in [1.54, 1.807) is 36.4 Å². The second-order valence-electron chi connectivity index (χ2n) is 6.56. The van der Waals surface area contributed by atoms with Crippen molar-refractivity contribution in [3.05, 3.63) is 47.5 Å². The Balaban J connectivity index is 1.71. The standard InChI is InChI=1S/C22H20N2O7/c1-3-28-15-7-5-14(6-8-15)24-21(26)16(20(25)23-22(24)27)9-13-10-18-19(31-12-30-18)11-17(13)29-4-2/h5-11H,3-4,12H2,1-2H3,(H,23,25,27)/b16-9-. The molecular formula is C22H20N2O7. The van der Waals surface area contributed by atoms with E-state index in [-0.39, 0.29) is 12.4 Å². The Kier molecular flexibility index (Phi) is 5.48. The van der Waals surface area contributed by atoms with Crippen LogP contribution in [0.15, 0.2) is 42.0 Å². The van der Waals surface area contributed by atoms with E-state index >= 15 is 0 Å². The van der Waals surface area contributed by atoms with Gasteiger partial charge in [-0.25, -0.2) is 9.69 Å². The van der Waals surface area contributed by atoms with Crippen LogP contribution in [0.1, 0.15) is 19.4 Å². The molecule has 1 N–H and O–H groups in total. The number of barbiturate groups is 1. The van der Waals surface area contributed by atoms with Crippen molar-refractivity contribution in [3.63, 3.8) is 0 Å². The molecule has 9 heteroatoms. The van der Waals surface area contributed by atoms with Crippen molar-refractivity contribution in [1.82, 2.24) is 5.32 Å². The fraction of sp³-hybridized carbons (Fsp3) is 0.227. The number of carbonyl (C=O) groups is 3. The van der Waals surface area contributed by atoms with E-state index < -0.39 is 17.8 Å². The van der Waals surface area contributed by atoms with Crippen LogP contribution in [0, 0.1) is 0 Å². The Morgan fingerprint density at radius 3 is 2.35 bits per heavy atom. The SMILES string of the molecule is CCOc1ccc(N2C(=O)NC(=O)/C(=C/c3cc4c(cc3OCC)OCO4)C2=O)cc1. The topological polar surface area (TPSA) is 103 Å². The minimum Gasteiger partial charge on any atom is -0.494 e. The molecule has 0 atom stereocenters. The Hall–Kier alpha value is -4.01. The monoisotopic (exact) mass is 424 g/mol. The molecule has 2 aliphatic rings. The average molecular weight is 424 g/mol. The lowest BCUT2D eigenvalue weighted by Crippen LogP contribution is -2.54. The van der Waals surface area contributed by atoms with Crippen LogP contribution in [0.25, 0.3) is 6.08 Å². The van der Waals surface area contributed by atoms with Gasteiger partial charge in [-0.05, 0) is 50.3 Å². The molecular weight excluding hydrogens is 404 g/mol. The smallest absolute Gasteiger partial charge is 0.335 e. The van der Waals surface area contributed by atoms with Crippen molar-refractivity contribution in [1.29, 1.82) is 0 Å². The summed E-state index contributed by atoms with van der Waals surface area (Å²) < 4.78 is 21.8. The zero-order valence-corrected chi connectivity index (χ0v) is 17.0. The summed E-state index contributed by atoms with van der Waals surface area (Å²) in [4.78, 5) is 38.9. The van der Waals surface area contributed by atoms with E-state index in [2.05, 4.69) is 5.32 Å². The molecule has 0 aliphatic carbocycles. The zero-order chi connectivity index (χ0) is 22.0. The summed E-state index contributed by atoms with van der Waals surface area (Å²) in [6.45, 7) is 4.59. The number of benzene rings is 2. The first kappa shape index (κ1) is 20.3. The zero-order valence-electron chi connectivity index (χ0n) is 17.0. The molecule has 31 heavy (non-hydrogen) atoms. The fourth-order valence-corrected chi connectivity index (χ4v) is 3.24. The van der Waals surface area contributed by atoms with E-state index in [0.29, 0.717) is 47.5 Å². The number of fused-ring (bicyclic) bond motifs is 1. The number of hydrogen-bond donors (Lipinski definition) is 1. The number of amides is 4. The first-order valence-electron chi connectivity index (χ1n) is 9.72. The molecule has 2 aromatic rings. The Morgan fingerprint density at radius 1 is 1.00 bits per heavy atom. The van der Waals surface area contributed by atoms with Crippen molar-refractivity contribution in [2.45, 2.75) is 13.8 Å². The van der Waals surface area contributed by atoms with Crippen LogP contribution < -0.4 is 29.2 Å². The molecule has 9 nitrogen and oxygen atoms in total. The van der Waals surface area contributed by atoms with Gasteiger partial charge in [0.25, 0.3) is 11.8 Å². The van der Waals surface area contributed by atoms with Gasteiger partial charge in [-0.2, -0.15) is 0 Å². The third-order valence-electron chi connectivity index (χ3n) is 4.61. The van der Waals surface area contributed by atoms with Crippen LogP contribution in [0.4, 0.5) is 10.5 Å². The van der Waals surface area contributed by atoms with Crippen molar-refractivity contribution >= 4 is 29.6 Å². The van der Waals surface area contributed by atoms with Gasteiger partial charge < -0.3 is 18.9 Å². The average Bonchev–Trinajstić information content (AvgIpc) is 3.20. The largest absolute Gasteiger partial charge is 0.494 e. The van der Waals surface area contributed by atoms with Crippen molar-refractivity contribution < 1.29 is 33.3 Å². The molecule has 2 aromatic carbocycles. The fourth-order valence-electron chi connectivity index (χ4n) is 3.24. The van der Waals surface area contributed by atoms with Gasteiger partial charge in [0.15, 0.2) is 11.5 Å². The van der Waals surface area contributed by atoms with Gasteiger partial charge in [-0.3, -0.25) is 14.9 Å². The van der Waals surface area contributed by atoms with Gasteiger partial charge in [-0.15, -0.1) is 0 Å². The van der Waals surface area contributed by atoms with Gasteiger partial charge >= 0.3 is 6.03 Å². The minimum atomic E-state index is -0.827. The van der Waals surface area contributed by atoms with Gasteiger partial charge in [0.05, 0.1) is 18.9 Å². The molecule has 0 saturated carbocycles. The molecule has 1 saturated heterocycles. The number of carbonyl (C=O) groups excluding carboxylic acids is 3. The van der Waals surface area contributed by atoms with Crippen molar-refractivity contribution in [2.24, 2.45) is 0 Å². The van der Waals surface area contributed by atoms with Gasteiger partial charge in [0.2, 0.25) is 6.79 Å². The minimum absolute atomic E-state index is 0.0698. The van der Waals surface area contributed by atoms with Crippen LogP contribution in [0.5, 0.6) is 23.0 Å². The molecule has 4 amide bonds. The molecule has 2 aliphatic heterocycles. The number of hydrogen-bond acceptors (Lipinski definition) is 7. The number of imide groups is 2. The number of urea groups is 1. The summed E-state index contributed by atoms with van der Waals surface area (Å²) in [5.41, 5.74) is 0.541. The summed E-state index contributed by atoms with van der Waals surface area (Å²) in [7, 11) is 0. The third-order valence-corrected chi connectivity index (χ3v) is 4.61. The third kappa shape index (κ3) is 3.89. The highest BCUT2D eigenvalue weighted by Crippen LogP contribution is 2.39. The first-order chi connectivity index (χ1) is 15.0. The normalized spacial score (nSPS) is 16.5. The number of anilines is 1. The number of nitrogens with one attached hydrogen (secondary N) is 1. The van der Waals surface area contributed by atoms with Gasteiger partial charge in [0.1, 0.15) is 17.1 Å². The summed E-state index contributed by atoms with van der Waals surface area (Å²) in [5, 5.41) is 2.20. The molecule has 0 bridgehead atoms.